The summed E-state index contributed by atoms with van der Waals surface area (Å²) in [5.41, 5.74) is 0.672. The first-order valence-electron chi connectivity index (χ1n) is 7.18. The molecule has 2 aromatic rings. The fourth-order valence-electron chi connectivity index (χ4n) is 1.72. The number of thiophene rings is 1. The lowest BCUT2D eigenvalue weighted by atomic mass is 10.1. The van der Waals surface area contributed by atoms with Crippen molar-refractivity contribution in [2.45, 2.75) is 38.9 Å². The number of ketones is 1. The van der Waals surface area contributed by atoms with Crippen LogP contribution in [0.1, 0.15) is 36.0 Å². The van der Waals surface area contributed by atoms with E-state index in [9.17, 15) is 4.79 Å². The van der Waals surface area contributed by atoms with Crippen molar-refractivity contribution in [2.75, 3.05) is 0 Å². The number of carbonyl (C=O) groups is 1. The largest absolute Gasteiger partial charge is 0.543 e. The number of hydrogen-bond donors (Lipinski definition) is 0. The van der Waals surface area contributed by atoms with Crippen LogP contribution in [0.2, 0.25) is 18.1 Å². The molecule has 0 radical (unpaired) electrons. The molecular weight excluding hydrogens is 376 g/mol. The summed E-state index contributed by atoms with van der Waals surface area (Å²) < 4.78 is 7.22. The Bertz CT molecular complexity index is 686. The second kappa shape index (κ2) is 6.30. The van der Waals surface area contributed by atoms with E-state index in [2.05, 4.69) is 49.8 Å². The summed E-state index contributed by atoms with van der Waals surface area (Å²) >= 11 is 4.84. The molecular formula is C17H21BrO2SSi. The molecule has 1 heterocycles. The molecule has 5 heteroatoms. The molecule has 2 nitrogen and oxygen atoms in total. The molecule has 0 bridgehead atoms. The monoisotopic (exact) mass is 396 g/mol. The molecule has 1 aromatic heterocycles. The van der Waals surface area contributed by atoms with Crippen molar-refractivity contribution in [1.82, 2.24) is 0 Å². The van der Waals surface area contributed by atoms with Crippen LogP contribution in [-0.4, -0.2) is 14.1 Å². The highest BCUT2D eigenvalue weighted by molar-refractivity contribution is 9.10. The predicted octanol–water partition coefficient (Wildman–Crippen LogP) is 6.13. The zero-order valence-electron chi connectivity index (χ0n) is 13.6. The summed E-state index contributed by atoms with van der Waals surface area (Å²) in [5.74, 6) is 0.824. The van der Waals surface area contributed by atoms with Gasteiger partial charge in [0.2, 0.25) is 14.1 Å². The van der Waals surface area contributed by atoms with Crippen molar-refractivity contribution in [1.29, 1.82) is 0 Å². The minimum absolute atomic E-state index is 0.0383. The molecule has 22 heavy (non-hydrogen) atoms. The van der Waals surface area contributed by atoms with Crippen LogP contribution in [0, 0.1) is 0 Å². The van der Waals surface area contributed by atoms with Crippen LogP contribution in [0.25, 0.3) is 0 Å². The van der Waals surface area contributed by atoms with Crippen molar-refractivity contribution in [3.63, 3.8) is 0 Å². The smallest absolute Gasteiger partial charge is 0.250 e. The van der Waals surface area contributed by atoms with Crippen molar-refractivity contribution >= 4 is 41.4 Å². The minimum atomic E-state index is -1.89. The quantitative estimate of drug-likeness (QED) is 0.459. The number of hydrogen-bond acceptors (Lipinski definition) is 3. The zero-order chi connectivity index (χ0) is 16.5. The highest BCUT2D eigenvalue weighted by Crippen LogP contribution is 2.37. The Morgan fingerprint density at radius 3 is 2.45 bits per heavy atom. The Kier molecular flexibility index (Phi) is 4.99. The highest BCUT2D eigenvalue weighted by Gasteiger charge is 2.39. The van der Waals surface area contributed by atoms with E-state index in [1.165, 1.54) is 11.3 Å². The van der Waals surface area contributed by atoms with Crippen molar-refractivity contribution in [3.05, 3.63) is 50.6 Å². The van der Waals surface area contributed by atoms with Crippen LogP contribution in [-0.2, 0) is 0 Å². The summed E-state index contributed by atoms with van der Waals surface area (Å²) in [6.45, 7) is 11.0. The fourth-order valence-corrected chi connectivity index (χ4v) is 4.13. The summed E-state index contributed by atoms with van der Waals surface area (Å²) in [5, 5.41) is 2.05. The molecule has 2 rings (SSSR count). The van der Waals surface area contributed by atoms with Crippen LogP contribution < -0.4 is 4.43 Å². The summed E-state index contributed by atoms with van der Waals surface area (Å²) in [6, 6.07) is 9.37. The normalized spacial score (nSPS) is 12.3. The molecule has 1 aromatic carbocycles. The van der Waals surface area contributed by atoms with Gasteiger partial charge in [-0.05, 0) is 52.3 Å². The first-order valence-corrected chi connectivity index (χ1v) is 11.8. The maximum atomic E-state index is 12.5. The lowest BCUT2D eigenvalue weighted by molar-refractivity contribution is 0.104. The number of halogens is 1. The van der Waals surface area contributed by atoms with Gasteiger partial charge in [0.15, 0.2) is 0 Å². The Morgan fingerprint density at radius 1 is 1.23 bits per heavy atom. The molecule has 0 atom stereocenters. The Morgan fingerprint density at radius 2 is 1.91 bits per heavy atom. The standard InChI is InChI=1S/C17H21BrO2SSi/c1-17(2,3)22(4,5)20-14-8-6-7-12(9-14)16(19)15-10-13(18)11-21-15/h6-11H,1-5H3. The van der Waals surface area contributed by atoms with Gasteiger partial charge in [-0.15, -0.1) is 11.3 Å². The lowest BCUT2D eigenvalue weighted by Crippen LogP contribution is -2.43. The first kappa shape index (κ1) is 17.4. The Balaban J connectivity index is 2.26. The fraction of sp³-hybridized carbons (Fsp3) is 0.353. The summed E-state index contributed by atoms with van der Waals surface area (Å²) in [6.07, 6.45) is 0. The number of benzene rings is 1. The van der Waals surface area contributed by atoms with Crippen LogP contribution >= 0.6 is 27.3 Å². The van der Waals surface area contributed by atoms with E-state index in [0.717, 1.165) is 15.1 Å². The molecule has 0 aliphatic heterocycles. The van der Waals surface area contributed by atoms with Gasteiger partial charge in [-0.3, -0.25) is 4.79 Å². The van der Waals surface area contributed by atoms with Crippen LogP contribution in [0.15, 0.2) is 40.2 Å². The second-order valence-electron chi connectivity index (χ2n) is 6.85. The average molecular weight is 397 g/mol. The minimum Gasteiger partial charge on any atom is -0.543 e. The molecule has 0 N–H and O–H groups in total. The second-order valence-corrected chi connectivity index (χ2v) is 13.4. The van der Waals surface area contributed by atoms with Crippen LogP contribution in [0.4, 0.5) is 0 Å². The van der Waals surface area contributed by atoms with Crippen LogP contribution in [0.3, 0.4) is 0 Å². The molecule has 0 aliphatic carbocycles. The van der Waals surface area contributed by atoms with E-state index in [4.69, 9.17) is 4.43 Å². The molecule has 0 amide bonds. The molecule has 0 saturated carbocycles. The van der Waals surface area contributed by atoms with Gasteiger partial charge < -0.3 is 4.43 Å². The third-order valence-corrected chi connectivity index (χ3v) is 10.1. The first-order chi connectivity index (χ1) is 10.1. The summed E-state index contributed by atoms with van der Waals surface area (Å²) in [7, 11) is -1.89. The third-order valence-electron chi connectivity index (χ3n) is 4.07. The van der Waals surface area contributed by atoms with Crippen molar-refractivity contribution in [3.8, 4) is 5.75 Å². The van der Waals surface area contributed by atoms with Gasteiger partial charge in [0, 0.05) is 15.4 Å². The maximum absolute atomic E-state index is 12.5. The SMILES string of the molecule is CC(C)(C)[Si](C)(C)Oc1cccc(C(=O)c2cc(Br)cs2)c1. The Hall–Kier alpha value is -0.913. The van der Waals surface area contributed by atoms with Gasteiger partial charge in [-0.1, -0.05) is 32.9 Å². The van der Waals surface area contributed by atoms with E-state index in [1.807, 2.05) is 35.7 Å². The summed E-state index contributed by atoms with van der Waals surface area (Å²) in [4.78, 5) is 13.3. The van der Waals surface area contributed by atoms with Gasteiger partial charge in [0.25, 0.3) is 0 Å². The molecule has 0 spiro atoms. The number of carbonyl (C=O) groups excluding carboxylic acids is 1. The molecule has 0 saturated heterocycles. The highest BCUT2D eigenvalue weighted by atomic mass is 79.9. The third kappa shape index (κ3) is 3.89. The Labute approximate surface area is 145 Å². The van der Waals surface area contributed by atoms with Gasteiger partial charge in [-0.25, -0.2) is 0 Å². The van der Waals surface area contributed by atoms with E-state index in [-0.39, 0.29) is 10.8 Å². The van der Waals surface area contributed by atoms with Crippen molar-refractivity contribution in [2.24, 2.45) is 0 Å². The average Bonchev–Trinajstić information content (AvgIpc) is 2.83. The lowest BCUT2D eigenvalue weighted by Gasteiger charge is -2.36. The topological polar surface area (TPSA) is 26.3 Å². The van der Waals surface area contributed by atoms with Gasteiger partial charge >= 0.3 is 0 Å². The molecule has 0 unspecified atom stereocenters. The molecule has 118 valence electrons. The predicted molar refractivity (Wildman–Crippen MR) is 99.7 cm³/mol. The van der Waals surface area contributed by atoms with E-state index in [0.29, 0.717) is 5.56 Å². The molecule has 0 fully saturated rings. The zero-order valence-corrected chi connectivity index (χ0v) is 17.0. The number of rotatable bonds is 4. The van der Waals surface area contributed by atoms with E-state index >= 15 is 0 Å². The molecule has 0 aliphatic rings. The van der Waals surface area contributed by atoms with E-state index < -0.39 is 8.32 Å². The van der Waals surface area contributed by atoms with Gasteiger partial charge in [0.05, 0.1) is 4.88 Å². The maximum Gasteiger partial charge on any atom is 0.250 e. The van der Waals surface area contributed by atoms with E-state index in [1.54, 1.807) is 0 Å². The van der Waals surface area contributed by atoms with Crippen molar-refractivity contribution < 1.29 is 9.22 Å². The van der Waals surface area contributed by atoms with Gasteiger partial charge in [-0.2, -0.15) is 0 Å². The van der Waals surface area contributed by atoms with Gasteiger partial charge in [0.1, 0.15) is 5.75 Å². The van der Waals surface area contributed by atoms with Crippen LogP contribution in [0.5, 0.6) is 5.75 Å².